The van der Waals surface area contributed by atoms with Gasteiger partial charge in [0.25, 0.3) is 0 Å². The topological polar surface area (TPSA) is 46.6 Å². The number of nitrogens with zero attached hydrogens (tertiary/aromatic N) is 1. The summed E-state index contributed by atoms with van der Waals surface area (Å²) in [5.41, 5.74) is 3.56. The molecular weight excluding hydrogens is 314 g/mol. The van der Waals surface area contributed by atoms with Gasteiger partial charge < -0.3 is 9.64 Å². The molecule has 0 spiro atoms. The molecule has 0 saturated carbocycles. The summed E-state index contributed by atoms with van der Waals surface area (Å²) < 4.78 is 5.27. The first-order valence-electron chi connectivity index (χ1n) is 8.93. The molecule has 1 amide bonds. The third kappa shape index (κ3) is 2.90. The van der Waals surface area contributed by atoms with Gasteiger partial charge in [-0.3, -0.25) is 4.79 Å². The standard InChI is InChI=1S/C21H25NO3/c1-5-10-25-21(24)19-16(15-9-7-8-14(6-2)11-15)12-17-18(13(3)4)20(23)22(17)19/h5,7-9,11,13,17-18H,1,6,10,12H2,2-4H3/t17-,18-/m1/s1. The van der Waals surface area contributed by atoms with Crippen LogP contribution in [0.4, 0.5) is 0 Å². The van der Waals surface area contributed by atoms with Crippen molar-refractivity contribution in [2.24, 2.45) is 11.8 Å². The van der Waals surface area contributed by atoms with E-state index >= 15 is 0 Å². The Kier molecular flexibility index (Phi) is 4.80. The number of hydrogen-bond acceptors (Lipinski definition) is 3. The third-order valence-corrected chi connectivity index (χ3v) is 5.14. The molecule has 0 aliphatic carbocycles. The number of ether oxygens (including phenoxy) is 1. The van der Waals surface area contributed by atoms with Crippen molar-refractivity contribution in [1.29, 1.82) is 0 Å². The van der Waals surface area contributed by atoms with Crippen molar-refractivity contribution in [3.05, 3.63) is 53.7 Å². The SMILES string of the molecule is C=CCOC(=O)C1=C(c2cccc(CC)c2)C[C@@H]2[C@@H](C(C)C)C(=O)N12. The highest BCUT2D eigenvalue weighted by Crippen LogP contribution is 2.48. The molecule has 0 N–H and O–H groups in total. The normalized spacial score (nSPS) is 22.1. The van der Waals surface area contributed by atoms with E-state index in [1.807, 2.05) is 12.1 Å². The summed E-state index contributed by atoms with van der Waals surface area (Å²) in [6, 6.07) is 8.27. The highest BCUT2D eigenvalue weighted by molar-refractivity contribution is 6.06. The Hall–Kier alpha value is -2.36. The number of carbonyl (C=O) groups excluding carboxylic acids is 2. The molecule has 25 heavy (non-hydrogen) atoms. The highest BCUT2D eigenvalue weighted by atomic mass is 16.5. The van der Waals surface area contributed by atoms with Crippen molar-refractivity contribution in [3.8, 4) is 0 Å². The van der Waals surface area contributed by atoms with Crippen LogP contribution in [0.15, 0.2) is 42.6 Å². The van der Waals surface area contributed by atoms with Gasteiger partial charge >= 0.3 is 5.97 Å². The van der Waals surface area contributed by atoms with E-state index in [9.17, 15) is 9.59 Å². The molecule has 4 heteroatoms. The van der Waals surface area contributed by atoms with E-state index in [-0.39, 0.29) is 30.4 Å². The lowest BCUT2D eigenvalue weighted by Crippen LogP contribution is -2.60. The number of amides is 1. The van der Waals surface area contributed by atoms with Gasteiger partial charge in [0.15, 0.2) is 0 Å². The molecule has 1 aromatic rings. The largest absolute Gasteiger partial charge is 0.457 e. The summed E-state index contributed by atoms with van der Waals surface area (Å²) in [5, 5.41) is 0. The van der Waals surface area contributed by atoms with Gasteiger partial charge in [-0.25, -0.2) is 4.79 Å². The average Bonchev–Trinajstić information content (AvgIpc) is 2.94. The molecule has 1 aromatic carbocycles. The summed E-state index contributed by atoms with van der Waals surface area (Å²) >= 11 is 0. The Bertz CT molecular complexity index is 747. The Balaban J connectivity index is 2.01. The number of carbonyl (C=O) groups is 2. The average molecular weight is 339 g/mol. The molecule has 132 valence electrons. The molecule has 2 aliphatic heterocycles. The lowest BCUT2D eigenvalue weighted by Gasteiger charge is -2.45. The van der Waals surface area contributed by atoms with Crippen LogP contribution < -0.4 is 0 Å². The molecule has 1 saturated heterocycles. The van der Waals surface area contributed by atoms with Gasteiger partial charge in [-0.05, 0) is 35.5 Å². The van der Waals surface area contributed by atoms with Crippen LogP contribution in [-0.2, 0) is 20.7 Å². The van der Waals surface area contributed by atoms with Crippen molar-refractivity contribution in [2.45, 2.75) is 39.7 Å². The van der Waals surface area contributed by atoms with Crippen LogP contribution in [0.5, 0.6) is 0 Å². The Morgan fingerprint density at radius 1 is 1.44 bits per heavy atom. The number of aryl methyl sites for hydroxylation is 1. The number of esters is 1. The molecule has 2 atom stereocenters. The lowest BCUT2D eigenvalue weighted by atomic mass is 9.78. The summed E-state index contributed by atoms with van der Waals surface area (Å²) in [6.07, 6.45) is 3.18. The Morgan fingerprint density at radius 3 is 2.84 bits per heavy atom. The van der Waals surface area contributed by atoms with E-state index in [0.29, 0.717) is 12.1 Å². The van der Waals surface area contributed by atoms with Gasteiger partial charge in [-0.1, -0.05) is 57.7 Å². The zero-order valence-corrected chi connectivity index (χ0v) is 15.1. The Morgan fingerprint density at radius 2 is 2.20 bits per heavy atom. The van der Waals surface area contributed by atoms with Gasteiger partial charge in [-0.15, -0.1) is 0 Å². The zero-order valence-electron chi connectivity index (χ0n) is 15.1. The first-order valence-corrected chi connectivity index (χ1v) is 8.93. The minimum Gasteiger partial charge on any atom is -0.457 e. The minimum atomic E-state index is -0.435. The molecule has 0 radical (unpaired) electrons. The molecule has 3 rings (SSSR count). The number of benzene rings is 1. The van der Waals surface area contributed by atoms with Crippen LogP contribution >= 0.6 is 0 Å². The van der Waals surface area contributed by atoms with Gasteiger partial charge in [0.2, 0.25) is 5.91 Å². The molecule has 0 aromatic heterocycles. The van der Waals surface area contributed by atoms with Gasteiger partial charge in [0.1, 0.15) is 12.3 Å². The van der Waals surface area contributed by atoms with Crippen LogP contribution in [0.2, 0.25) is 0 Å². The summed E-state index contributed by atoms with van der Waals surface area (Å²) in [5.74, 6) is -0.156. The van der Waals surface area contributed by atoms with E-state index in [4.69, 9.17) is 4.74 Å². The van der Waals surface area contributed by atoms with Crippen molar-refractivity contribution in [2.75, 3.05) is 6.61 Å². The first kappa shape index (κ1) is 17.5. The van der Waals surface area contributed by atoms with Crippen molar-refractivity contribution < 1.29 is 14.3 Å². The van der Waals surface area contributed by atoms with Crippen LogP contribution in [0.3, 0.4) is 0 Å². The molecular formula is C21H25NO3. The van der Waals surface area contributed by atoms with E-state index < -0.39 is 5.97 Å². The van der Waals surface area contributed by atoms with Crippen LogP contribution in [0, 0.1) is 11.8 Å². The Labute approximate surface area is 149 Å². The number of β-lactam (4-membered cyclic amide) rings is 1. The first-order chi connectivity index (χ1) is 12.0. The molecule has 0 bridgehead atoms. The van der Waals surface area contributed by atoms with E-state index in [1.54, 1.807) is 4.90 Å². The zero-order chi connectivity index (χ0) is 18.1. The highest BCUT2D eigenvalue weighted by Gasteiger charge is 2.56. The van der Waals surface area contributed by atoms with E-state index in [2.05, 4.69) is 39.5 Å². The molecule has 0 unspecified atom stereocenters. The van der Waals surface area contributed by atoms with E-state index in [0.717, 1.165) is 17.6 Å². The van der Waals surface area contributed by atoms with Gasteiger partial charge in [0, 0.05) is 0 Å². The second kappa shape index (κ2) is 6.87. The second-order valence-corrected chi connectivity index (χ2v) is 7.02. The maximum absolute atomic E-state index is 12.6. The molecule has 2 heterocycles. The quantitative estimate of drug-likeness (QED) is 0.452. The van der Waals surface area contributed by atoms with E-state index in [1.165, 1.54) is 11.6 Å². The third-order valence-electron chi connectivity index (χ3n) is 5.14. The monoisotopic (exact) mass is 339 g/mol. The van der Waals surface area contributed by atoms with Crippen molar-refractivity contribution >= 4 is 17.4 Å². The number of fused-ring (bicyclic) bond motifs is 1. The van der Waals surface area contributed by atoms with Crippen LogP contribution in [0.1, 0.15) is 38.3 Å². The van der Waals surface area contributed by atoms with Crippen molar-refractivity contribution in [1.82, 2.24) is 4.90 Å². The number of rotatable bonds is 6. The maximum atomic E-state index is 12.6. The summed E-state index contributed by atoms with van der Waals surface area (Å²) in [6.45, 7) is 9.95. The van der Waals surface area contributed by atoms with Gasteiger partial charge in [-0.2, -0.15) is 0 Å². The minimum absolute atomic E-state index is 0.0194. The molecule has 1 fully saturated rings. The fourth-order valence-electron chi connectivity index (χ4n) is 3.90. The second-order valence-electron chi connectivity index (χ2n) is 7.02. The van der Waals surface area contributed by atoms with Crippen LogP contribution in [0.25, 0.3) is 5.57 Å². The fraction of sp³-hybridized carbons (Fsp3) is 0.429. The molecule has 2 aliphatic rings. The smallest absolute Gasteiger partial charge is 0.355 e. The maximum Gasteiger partial charge on any atom is 0.355 e. The number of hydrogen-bond donors (Lipinski definition) is 0. The fourth-order valence-corrected chi connectivity index (χ4v) is 3.90. The summed E-state index contributed by atoms with van der Waals surface area (Å²) in [7, 11) is 0. The van der Waals surface area contributed by atoms with Gasteiger partial charge in [0.05, 0.1) is 12.0 Å². The predicted molar refractivity (Wildman–Crippen MR) is 97.5 cm³/mol. The summed E-state index contributed by atoms with van der Waals surface area (Å²) in [4.78, 5) is 26.9. The lowest BCUT2D eigenvalue weighted by molar-refractivity contribution is -0.158. The van der Waals surface area contributed by atoms with Crippen molar-refractivity contribution in [3.63, 3.8) is 0 Å². The molecule has 4 nitrogen and oxygen atoms in total. The van der Waals surface area contributed by atoms with Crippen LogP contribution in [-0.4, -0.2) is 29.4 Å². The predicted octanol–water partition coefficient (Wildman–Crippen LogP) is 3.58.